The first-order chi connectivity index (χ1) is 8.66. The molecule has 0 aromatic heterocycles. The molecule has 100 valence electrons. The molecule has 2 nitrogen and oxygen atoms in total. The fourth-order valence-electron chi connectivity index (χ4n) is 2.59. The van der Waals surface area contributed by atoms with Crippen LogP contribution in [-0.2, 0) is 0 Å². The summed E-state index contributed by atoms with van der Waals surface area (Å²) >= 11 is 5.96. The molecule has 1 fully saturated rings. The predicted molar refractivity (Wildman–Crippen MR) is 78.1 cm³/mol. The Morgan fingerprint density at radius 3 is 2.56 bits per heavy atom. The van der Waals surface area contributed by atoms with Gasteiger partial charge in [-0.25, -0.2) is 0 Å². The van der Waals surface area contributed by atoms with Crippen molar-refractivity contribution in [3.8, 4) is 0 Å². The molecule has 3 heteroatoms. The van der Waals surface area contributed by atoms with Crippen LogP contribution in [0.5, 0.6) is 0 Å². The normalized spacial score (nSPS) is 22.1. The molecule has 0 amide bonds. The molecule has 1 aromatic carbocycles. The standard InChI is InChI=1S/C15H23ClN2/c1-11(2)15(12-5-7-13(16)8-6-12)18-14-4-3-9-17-10-14/h5-8,11,14-15,17-18H,3-4,9-10H2,1-2H3. The van der Waals surface area contributed by atoms with Crippen molar-refractivity contribution in [1.29, 1.82) is 0 Å². The zero-order chi connectivity index (χ0) is 13.0. The van der Waals surface area contributed by atoms with Crippen LogP contribution >= 0.6 is 11.6 Å². The molecule has 2 rings (SSSR count). The van der Waals surface area contributed by atoms with E-state index >= 15 is 0 Å². The van der Waals surface area contributed by atoms with Crippen LogP contribution in [-0.4, -0.2) is 19.1 Å². The number of halogens is 1. The van der Waals surface area contributed by atoms with Gasteiger partial charge in [-0.1, -0.05) is 37.6 Å². The third-order valence-electron chi connectivity index (χ3n) is 3.61. The van der Waals surface area contributed by atoms with Crippen LogP contribution in [0.3, 0.4) is 0 Å². The van der Waals surface area contributed by atoms with Gasteiger partial charge in [-0.15, -0.1) is 0 Å². The lowest BCUT2D eigenvalue weighted by Gasteiger charge is -2.31. The molecule has 2 N–H and O–H groups in total. The van der Waals surface area contributed by atoms with E-state index in [9.17, 15) is 0 Å². The van der Waals surface area contributed by atoms with Gasteiger partial charge in [0.05, 0.1) is 0 Å². The molecule has 0 radical (unpaired) electrons. The summed E-state index contributed by atoms with van der Waals surface area (Å²) in [5, 5.41) is 8.05. The van der Waals surface area contributed by atoms with E-state index < -0.39 is 0 Å². The SMILES string of the molecule is CC(C)C(NC1CCCNC1)c1ccc(Cl)cc1. The molecular weight excluding hydrogens is 244 g/mol. The van der Waals surface area contributed by atoms with E-state index in [0.717, 1.165) is 18.1 Å². The molecule has 1 heterocycles. The van der Waals surface area contributed by atoms with Crippen molar-refractivity contribution in [2.45, 2.75) is 38.8 Å². The second-order valence-corrected chi connectivity index (χ2v) is 5.92. The quantitative estimate of drug-likeness (QED) is 0.873. The van der Waals surface area contributed by atoms with Gasteiger partial charge in [0, 0.05) is 23.7 Å². The monoisotopic (exact) mass is 266 g/mol. The van der Waals surface area contributed by atoms with Gasteiger partial charge in [-0.2, -0.15) is 0 Å². The van der Waals surface area contributed by atoms with Gasteiger partial charge in [-0.05, 0) is 43.0 Å². The summed E-state index contributed by atoms with van der Waals surface area (Å²) in [5.41, 5.74) is 1.33. The Balaban J connectivity index is 2.05. The first kappa shape index (κ1) is 13.9. The molecule has 1 aromatic rings. The van der Waals surface area contributed by atoms with E-state index in [1.54, 1.807) is 0 Å². The van der Waals surface area contributed by atoms with Crippen LogP contribution in [0.4, 0.5) is 0 Å². The van der Waals surface area contributed by atoms with Crippen molar-refractivity contribution in [3.63, 3.8) is 0 Å². The second kappa shape index (κ2) is 6.55. The van der Waals surface area contributed by atoms with Crippen LogP contribution < -0.4 is 10.6 Å². The summed E-state index contributed by atoms with van der Waals surface area (Å²) in [7, 11) is 0. The van der Waals surface area contributed by atoms with Crippen molar-refractivity contribution in [2.24, 2.45) is 5.92 Å². The summed E-state index contributed by atoms with van der Waals surface area (Å²) in [6, 6.07) is 9.22. The van der Waals surface area contributed by atoms with Crippen molar-refractivity contribution in [2.75, 3.05) is 13.1 Å². The minimum absolute atomic E-state index is 0.409. The number of nitrogens with one attached hydrogen (secondary N) is 2. The van der Waals surface area contributed by atoms with Crippen molar-refractivity contribution < 1.29 is 0 Å². The lowest BCUT2D eigenvalue weighted by atomic mass is 9.94. The Hall–Kier alpha value is -0.570. The van der Waals surface area contributed by atoms with E-state index in [4.69, 9.17) is 11.6 Å². The minimum atomic E-state index is 0.409. The zero-order valence-electron chi connectivity index (χ0n) is 11.2. The fraction of sp³-hybridized carbons (Fsp3) is 0.600. The third kappa shape index (κ3) is 3.71. The first-order valence-corrected chi connectivity index (χ1v) is 7.27. The molecule has 0 bridgehead atoms. The van der Waals surface area contributed by atoms with Crippen LogP contribution in [0.15, 0.2) is 24.3 Å². The minimum Gasteiger partial charge on any atom is -0.315 e. The number of hydrogen-bond acceptors (Lipinski definition) is 2. The number of hydrogen-bond donors (Lipinski definition) is 2. The number of benzene rings is 1. The molecular formula is C15H23ClN2. The summed E-state index contributed by atoms with van der Waals surface area (Å²) in [4.78, 5) is 0. The number of piperidine rings is 1. The molecule has 2 atom stereocenters. The van der Waals surface area contributed by atoms with Crippen molar-refractivity contribution >= 4 is 11.6 Å². The maximum atomic E-state index is 5.96. The highest BCUT2D eigenvalue weighted by Crippen LogP contribution is 2.24. The molecule has 0 spiro atoms. The molecule has 0 saturated carbocycles. The maximum absolute atomic E-state index is 5.96. The van der Waals surface area contributed by atoms with Gasteiger partial charge in [0.25, 0.3) is 0 Å². The highest BCUT2D eigenvalue weighted by molar-refractivity contribution is 6.30. The predicted octanol–water partition coefficient (Wildman–Crippen LogP) is 3.38. The first-order valence-electron chi connectivity index (χ1n) is 6.89. The molecule has 1 saturated heterocycles. The van der Waals surface area contributed by atoms with Gasteiger partial charge in [0.15, 0.2) is 0 Å². The molecule has 1 aliphatic heterocycles. The van der Waals surface area contributed by atoms with Gasteiger partial charge >= 0.3 is 0 Å². The van der Waals surface area contributed by atoms with Crippen LogP contribution in [0.25, 0.3) is 0 Å². The van der Waals surface area contributed by atoms with Gasteiger partial charge < -0.3 is 10.6 Å². The molecule has 2 unspecified atom stereocenters. The van der Waals surface area contributed by atoms with Gasteiger partial charge in [0.1, 0.15) is 0 Å². The second-order valence-electron chi connectivity index (χ2n) is 5.48. The van der Waals surface area contributed by atoms with E-state index in [1.165, 1.54) is 18.4 Å². The Morgan fingerprint density at radius 1 is 1.28 bits per heavy atom. The van der Waals surface area contributed by atoms with Crippen molar-refractivity contribution in [1.82, 2.24) is 10.6 Å². The highest BCUT2D eigenvalue weighted by Gasteiger charge is 2.21. The van der Waals surface area contributed by atoms with Crippen LogP contribution in [0.2, 0.25) is 5.02 Å². The topological polar surface area (TPSA) is 24.1 Å². The average molecular weight is 267 g/mol. The Labute approximate surface area is 115 Å². The number of rotatable bonds is 4. The lowest BCUT2D eigenvalue weighted by molar-refractivity contribution is 0.311. The summed E-state index contributed by atoms with van der Waals surface area (Å²) in [6.07, 6.45) is 2.53. The molecule has 18 heavy (non-hydrogen) atoms. The highest BCUT2D eigenvalue weighted by atomic mass is 35.5. The molecule has 0 aliphatic carbocycles. The fourth-order valence-corrected chi connectivity index (χ4v) is 2.72. The van der Waals surface area contributed by atoms with Crippen LogP contribution in [0, 0.1) is 5.92 Å². The molecule has 1 aliphatic rings. The average Bonchev–Trinajstić information content (AvgIpc) is 2.38. The summed E-state index contributed by atoms with van der Waals surface area (Å²) in [6.45, 7) is 6.77. The zero-order valence-corrected chi connectivity index (χ0v) is 12.0. The summed E-state index contributed by atoms with van der Waals surface area (Å²) in [5.74, 6) is 0.577. The van der Waals surface area contributed by atoms with Crippen LogP contribution in [0.1, 0.15) is 38.3 Å². The van der Waals surface area contributed by atoms with E-state index in [2.05, 4.69) is 36.6 Å². The van der Waals surface area contributed by atoms with E-state index in [0.29, 0.717) is 18.0 Å². The Kier molecular flexibility index (Phi) is 5.04. The van der Waals surface area contributed by atoms with Gasteiger partial charge in [0.2, 0.25) is 0 Å². The Bertz CT molecular complexity index is 355. The summed E-state index contributed by atoms with van der Waals surface area (Å²) < 4.78 is 0. The lowest BCUT2D eigenvalue weighted by Crippen LogP contribution is -2.45. The smallest absolute Gasteiger partial charge is 0.0406 e. The van der Waals surface area contributed by atoms with Gasteiger partial charge in [-0.3, -0.25) is 0 Å². The van der Waals surface area contributed by atoms with E-state index in [1.807, 2.05) is 12.1 Å². The van der Waals surface area contributed by atoms with E-state index in [-0.39, 0.29) is 0 Å². The largest absolute Gasteiger partial charge is 0.315 e. The Morgan fingerprint density at radius 2 is 2.00 bits per heavy atom. The maximum Gasteiger partial charge on any atom is 0.0406 e. The van der Waals surface area contributed by atoms with Crippen molar-refractivity contribution in [3.05, 3.63) is 34.9 Å². The third-order valence-corrected chi connectivity index (χ3v) is 3.86.